The molecule has 7 nitrogen and oxygen atoms in total. The molecule has 1 fully saturated rings. The monoisotopic (exact) mass is 376 g/mol. The van der Waals surface area contributed by atoms with E-state index in [1.807, 2.05) is 6.07 Å². The van der Waals surface area contributed by atoms with Crippen LogP contribution < -0.4 is 10.5 Å². The molecule has 142 valence electrons. The van der Waals surface area contributed by atoms with E-state index >= 15 is 0 Å². The molecular weight excluding hydrogens is 353 g/mol. The molecular formula is C18H23B3N4O3. The van der Waals surface area contributed by atoms with Crippen molar-refractivity contribution in [3.05, 3.63) is 33.9 Å². The Labute approximate surface area is 166 Å². The second-order valence-corrected chi connectivity index (χ2v) is 8.40. The van der Waals surface area contributed by atoms with Crippen molar-refractivity contribution in [1.82, 2.24) is 9.97 Å². The summed E-state index contributed by atoms with van der Waals surface area (Å²) in [5, 5.41) is 10.3. The number of hydrogen-bond donors (Lipinski definition) is 1. The van der Waals surface area contributed by atoms with E-state index in [0.717, 1.165) is 12.8 Å². The average Bonchev–Trinajstić information content (AvgIpc) is 2.65. The molecule has 3 heterocycles. The number of nitriles is 1. The predicted molar refractivity (Wildman–Crippen MR) is 117 cm³/mol. The van der Waals surface area contributed by atoms with Gasteiger partial charge in [0.25, 0.3) is 5.56 Å². The van der Waals surface area contributed by atoms with E-state index in [1.54, 1.807) is 13.2 Å². The first-order valence-corrected chi connectivity index (χ1v) is 9.41. The van der Waals surface area contributed by atoms with Crippen molar-refractivity contribution in [3.8, 4) is 6.07 Å². The highest BCUT2D eigenvalue weighted by Gasteiger charge is 2.44. The zero-order valence-electron chi connectivity index (χ0n) is 17.0. The number of pyridine rings is 2. The van der Waals surface area contributed by atoms with Crippen LogP contribution in [0.15, 0.2) is 17.1 Å². The molecule has 0 radical (unpaired) electrons. The number of carbonyl (C=O) groups excluding carboxylic acids is 1. The second kappa shape index (κ2) is 7.14. The number of piperidine rings is 1. The van der Waals surface area contributed by atoms with E-state index < -0.39 is 5.56 Å². The highest BCUT2D eigenvalue weighted by atomic mass is 16.5. The Morgan fingerprint density at radius 3 is 2.54 bits per heavy atom. The third-order valence-corrected chi connectivity index (χ3v) is 5.99. The Hall–Kier alpha value is -2.53. The molecule has 0 aliphatic carbocycles. The molecule has 10 heteroatoms. The lowest BCUT2D eigenvalue weighted by molar-refractivity contribution is -0.0286. The van der Waals surface area contributed by atoms with Gasteiger partial charge in [0.15, 0.2) is 5.78 Å². The zero-order chi connectivity index (χ0) is 20.7. The van der Waals surface area contributed by atoms with Gasteiger partial charge in [0.2, 0.25) is 0 Å². The zero-order valence-corrected chi connectivity index (χ0v) is 17.0. The molecule has 1 N–H and O–H groups in total. The number of H-pyrrole nitrogens is 1. The number of nitrogens with one attached hydrogen (secondary N) is 1. The van der Waals surface area contributed by atoms with E-state index in [4.69, 9.17) is 4.74 Å². The second-order valence-electron chi connectivity index (χ2n) is 8.40. The van der Waals surface area contributed by atoms with E-state index in [2.05, 4.69) is 38.4 Å². The molecule has 0 unspecified atom stereocenters. The standard InChI is InChI=1S/C18H23B3N4O3/c1-10(26)13-7-11-14(9-23-13)24-16(27)12(8-22)15(11)25-5-3-17(28-2,4-6-25)18(19,20)21/h7,9H,3-6,19-21H2,1-2H3,(H,24,27). The third kappa shape index (κ3) is 3.24. The van der Waals surface area contributed by atoms with Gasteiger partial charge in [0.1, 0.15) is 17.3 Å². The van der Waals surface area contributed by atoms with Crippen molar-refractivity contribution in [2.45, 2.75) is 30.5 Å². The third-order valence-electron chi connectivity index (χ3n) is 5.99. The van der Waals surface area contributed by atoms with Gasteiger partial charge in [0.05, 0.1) is 46.5 Å². The van der Waals surface area contributed by atoms with Gasteiger partial charge in [-0.15, -0.1) is 0 Å². The molecule has 2 aromatic rings. The van der Waals surface area contributed by atoms with Crippen molar-refractivity contribution in [1.29, 1.82) is 5.26 Å². The molecule has 1 aliphatic rings. The molecule has 0 saturated carbocycles. The molecule has 0 aromatic carbocycles. The molecule has 0 atom stereocenters. The van der Waals surface area contributed by atoms with Crippen LogP contribution in [0.4, 0.5) is 5.69 Å². The molecule has 1 aliphatic heterocycles. The minimum absolute atomic E-state index is 0.0339. The van der Waals surface area contributed by atoms with Gasteiger partial charge in [0, 0.05) is 32.5 Å². The number of methoxy groups -OCH3 is 1. The van der Waals surface area contributed by atoms with Crippen LogP contribution in [0, 0.1) is 11.3 Å². The first-order valence-electron chi connectivity index (χ1n) is 9.41. The number of ether oxygens (including phenoxy) is 1. The highest BCUT2D eigenvalue weighted by molar-refractivity contribution is 6.59. The summed E-state index contributed by atoms with van der Waals surface area (Å²) in [4.78, 5) is 33.1. The Kier molecular flexibility index (Phi) is 5.15. The van der Waals surface area contributed by atoms with Gasteiger partial charge in [-0.2, -0.15) is 5.26 Å². The first kappa shape index (κ1) is 20.2. The fraction of sp³-hybridized carbons (Fsp3) is 0.444. The average molecular weight is 376 g/mol. The summed E-state index contributed by atoms with van der Waals surface area (Å²) in [5.74, 6) is -0.165. The number of aromatic amines is 1. The Morgan fingerprint density at radius 2 is 2.04 bits per heavy atom. The lowest BCUT2D eigenvalue weighted by atomic mass is 9.35. The topological polar surface area (TPSA) is 99.1 Å². The summed E-state index contributed by atoms with van der Waals surface area (Å²) in [6, 6.07) is 3.70. The summed E-state index contributed by atoms with van der Waals surface area (Å²) >= 11 is 0. The van der Waals surface area contributed by atoms with E-state index in [1.165, 1.54) is 13.1 Å². The summed E-state index contributed by atoms with van der Waals surface area (Å²) in [6.45, 7) is 2.74. The van der Waals surface area contributed by atoms with Crippen molar-refractivity contribution >= 4 is 45.9 Å². The van der Waals surface area contributed by atoms with Gasteiger partial charge in [-0.25, -0.2) is 0 Å². The lowest BCUT2D eigenvalue weighted by Gasteiger charge is -2.50. The largest absolute Gasteiger partial charge is 0.380 e. The lowest BCUT2D eigenvalue weighted by Crippen LogP contribution is -2.54. The minimum Gasteiger partial charge on any atom is -0.380 e. The minimum atomic E-state index is -0.443. The maximum Gasteiger partial charge on any atom is 0.268 e. The van der Waals surface area contributed by atoms with E-state index in [9.17, 15) is 14.9 Å². The number of aromatic nitrogens is 2. The highest BCUT2D eigenvalue weighted by Crippen LogP contribution is 2.42. The van der Waals surface area contributed by atoms with Crippen molar-refractivity contribution < 1.29 is 9.53 Å². The Balaban J connectivity index is 2.12. The van der Waals surface area contributed by atoms with Crippen LogP contribution in [0.1, 0.15) is 35.8 Å². The number of Topliss-reactive ketones (excluding diaryl/α,β-unsaturated/α-hetero) is 1. The number of carbonyl (C=O) groups is 1. The smallest absolute Gasteiger partial charge is 0.268 e. The molecule has 0 bridgehead atoms. The molecule has 28 heavy (non-hydrogen) atoms. The molecule has 2 aromatic heterocycles. The van der Waals surface area contributed by atoms with E-state index in [-0.39, 0.29) is 22.1 Å². The molecule has 1 saturated heterocycles. The van der Waals surface area contributed by atoms with Crippen molar-refractivity contribution in [3.63, 3.8) is 0 Å². The van der Waals surface area contributed by atoms with Crippen LogP contribution in [0.3, 0.4) is 0 Å². The van der Waals surface area contributed by atoms with Crippen LogP contribution in [-0.4, -0.2) is 65.1 Å². The van der Waals surface area contributed by atoms with Crippen LogP contribution in [-0.2, 0) is 4.74 Å². The quantitative estimate of drug-likeness (QED) is 0.541. The van der Waals surface area contributed by atoms with Gasteiger partial charge >= 0.3 is 0 Å². The van der Waals surface area contributed by atoms with Gasteiger partial charge < -0.3 is 14.6 Å². The van der Waals surface area contributed by atoms with Gasteiger partial charge in [-0.3, -0.25) is 14.6 Å². The molecule has 0 amide bonds. The summed E-state index contributed by atoms with van der Waals surface area (Å²) in [7, 11) is 8.25. The fourth-order valence-corrected chi connectivity index (χ4v) is 4.15. The normalized spacial score (nSPS) is 16.7. The van der Waals surface area contributed by atoms with Crippen LogP contribution >= 0.6 is 0 Å². The number of ketones is 1. The first-order chi connectivity index (χ1) is 13.1. The Bertz CT molecular complexity index is 1030. The van der Waals surface area contributed by atoms with Gasteiger partial charge in [-0.05, 0) is 18.9 Å². The van der Waals surface area contributed by atoms with Crippen LogP contribution in [0.25, 0.3) is 10.9 Å². The number of anilines is 1. The number of rotatable bonds is 4. The maximum atomic E-state index is 12.5. The van der Waals surface area contributed by atoms with E-state index in [0.29, 0.717) is 35.4 Å². The van der Waals surface area contributed by atoms with Crippen LogP contribution in [0.5, 0.6) is 0 Å². The summed E-state index contributed by atoms with van der Waals surface area (Å²) in [5.41, 5.74) is 0.755. The van der Waals surface area contributed by atoms with Crippen molar-refractivity contribution in [2.24, 2.45) is 0 Å². The van der Waals surface area contributed by atoms with Crippen LogP contribution in [0.2, 0.25) is 5.11 Å². The predicted octanol–water partition coefficient (Wildman–Crippen LogP) is -1.04. The SMILES string of the molecule is BC(B)(B)C1(OC)CCN(c2c(C#N)c(=O)[nH]c3cnc(C(C)=O)cc23)CC1. The fourth-order valence-electron chi connectivity index (χ4n) is 4.15. The maximum absolute atomic E-state index is 12.5. The number of fused-ring (bicyclic) bond motifs is 1. The molecule has 3 rings (SSSR count). The Morgan fingerprint density at radius 1 is 1.39 bits per heavy atom. The molecule has 0 spiro atoms. The summed E-state index contributed by atoms with van der Waals surface area (Å²) in [6.07, 6.45) is 3.03. The summed E-state index contributed by atoms with van der Waals surface area (Å²) < 4.78 is 5.93. The van der Waals surface area contributed by atoms with Crippen molar-refractivity contribution in [2.75, 3.05) is 25.1 Å². The number of hydrogen-bond acceptors (Lipinski definition) is 6. The number of nitrogens with zero attached hydrogens (tertiary/aromatic N) is 3. The van der Waals surface area contributed by atoms with Gasteiger partial charge in [-0.1, -0.05) is 5.11 Å².